The van der Waals surface area contributed by atoms with Crippen molar-refractivity contribution in [2.75, 3.05) is 6.54 Å². The Morgan fingerprint density at radius 2 is 1.57 bits per heavy atom. The standard InChI is InChI=1S/C37H37N5O2/c1-22-31(25-10-9-24-16-29(38)17-27(24)15-25)5-3-7-33(22)34-8-4-6-32(23(34)2)26-13-14-42-35(18-26)40-20-28(37(42)44)19-39-21-30-11-12-36(43)41-30/h3-10,13-15,18,20,29-30,39H,11-12,16-17,19,21,38H2,1-2H3,(H,41,43)/t29?,30-/m0/s1. The fourth-order valence-corrected chi connectivity index (χ4v) is 6.91. The molecule has 7 heteroatoms. The number of carbonyl (C=O) groups is 1. The summed E-state index contributed by atoms with van der Waals surface area (Å²) in [5.74, 6) is 0.0882. The van der Waals surface area contributed by atoms with Crippen LogP contribution in [0, 0.1) is 13.8 Å². The largest absolute Gasteiger partial charge is 0.352 e. The van der Waals surface area contributed by atoms with Crippen LogP contribution in [0.15, 0.2) is 83.9 Å². The molecule has 4 N–H and O–H groups in total. The number of fused-ring (bicyclic) bond motifs is 2. The van der Waals surface area contributed by atoms with E-state index in [0.717, 1.165) is 30.4 Å². The minimum absolute atomic E-state index is 0.0871. The number of hydrogen-bond acceptors (Lipinski definition) is 5. The number of nitrogens with two attached hydrogens (primary N) is 1. The maximum Gasteiger partial charge on any atom is 0.262 e. The highest BCUT2D eigenvalue weighted by Gasteiger charge is 2.21. The number of aromatic nitrogens is 2. The van der Waals surface area contributed by atoms with Gasteiger partial charge in [-0.25, -0.2) is 4.98 Å². The third kappa shape index (κ3) is 5.23. The highest BCUT2D eigenvalue weighted by molar-refractivity contribution is 5.84. The summed E-state index contributed by atoms with van der Waals surface area (Å²) in [5, 5.41) is 6.24. The number of hydrogen-bond donors (Lipinski definition) is 3. The zero-order valence-corrected chi connectivity index (χ0v) is 25.2. The summed E-state index contributed by atoms with van der Waals surface area (Å²) in [6.07, 6.45) is 6.76. The van der Waals surface area contributed by atoms with Gasteiger partial charge < -0.3 is 16.4 Å². The van der Waals surface area contributed by atoms with Crippen LogP contribution in [0.2, 0.25) is 0 Å². The Morgan fingerprint density at radius 1 is 0.886 bits per heavy atom. The highest BCUT2D eigenvalue weighted by atomic mass is 16.2. The van der Waals surface area contributed by atoms with Gasteiger partial charge in [-0.15, -0.1) is 0 Å². The van der Waals surface area contributed by atoms with Crippen LogP contribution >= 0.6 is 0 Å². The van der Waals surface area contributed by atoms with E-state index in [-0.39, 0.29) is 23.6 Å². The Balaban J connectivity index is 1.17. The van der Waals surface area contributed by atoms with Crippen LogP contribution in [0.5, 0.6) is 0 Å². The molecule has 2 aliphatic rings. The van der Waals surface area contributed by atoms with Crippen molar-refractivity contribution in [3.8, 4) is 33.4 Å². The number of nitrogens with zero attached hydrogens (tertiary/aromatic N) is 2. The van der Waals surface area contributed by atoms with Crippen molar-refractivity contribution in [2.45, 2.75) is 58.2 Å². The molecule has 5 aromatic rings. The Labute approximate surface area is 257 Å². The number of benzene rings is 3. The van der Waals surface area contributed by atoms with Gasteiger partial charge >= 0.3 is 0 Å². The van der Waals surface area contributed by atoms with Crippen molar-refractivity contribution in [3.63, 3.8) is 0 Å². The third-order valence-electron chi connectivity index (χ3n) is 9.32. The predicted molar refractivity (Wildman–Crippen MR) is 175 cm³/mol. The molecule has 3 heterocycles. The van der Waals surface area contributed by atoms with Crippen LogP contribution in [0.4, 0.5) is 0 Å². The van der Waals surface area contributed by atoms with Crippen LogP contribution < -0.4 is 21.9 Å². The molecule has 3 aromatic carbocycles. The van der Waals surface area contributed by atoms with Crippen LogP contribution in [0.1, 0.15) is 40.7 Å². The Morgan fingerprint density at radius 3 is 2.27 bits per heavy atom. The van der Waals surface area contributed by atoms with Gasteiger partial charge in [-0.3, -0.25) is 14.0 Å². The molecule has 2 atom stereocenters. The summed E-state index contributed by atoms with van der Waals surface area (Å²) in [4.78, 5) is 29.3. The molecule has 44 heavy (non-hydrogen) atoms. The van der Waals surface area contributed by atoms with E-state index in [1.54, 1.807) is 10.6 Å². The van der Waals surface area contributed by atoms with Gasteiger partial charge in [0.05, 0.1) is 0 Å². The van der Waals surface area contributed by atoms with Crippen LogP contribution in [0.25, 0.3) is 39.0 Å². The topological polar surface area (TPSA) is 102 Å². The van der Waals surface area contributed by atoms with Gasteiger partial charge in [0.15, 0.2) is 0 Å². The maximum absolute atomic E-state index is 13.2. The van der Waals surface area contributed by atoms with E-state index in [1.165, 1.54) is 44.5 Å². The van der Waals surface area contributed by atoms with E-state index in [2.05, 4.69) is 84.1 Å². The highest BCUT2D eigenvalue weighted by Crippen LogP contribution is 2.38. The summed E-state index contributed by atoms with van der Waals surface area (Å²) in [6, 6.07) is 24.1. The van der Waals surface area contributed by atoms with E-state index in [1.807, 2.05) is 18.3 Å². The van der Waals surface area contributed by atoms with E-state index < -0.39 is 0 Å². The molecule has 1 amide bonds. The first-order valence-corrected chi connectivity index (χ1v) is 15.4. The number of rotatable bonds is 7. The first-order chi connectivity index (χ1) is 21.4. The van der Waals surface area contributed by atoms with Crippen molar-refractivity contribution in [1.29, 1.82) is 0 Å². The molecule has 7 rings (SSSR count). The van der Waals surface area contributed by atoms with E-state index in [0.29, 0.717) is 30.7 Å². The normalized spacial score (nSPS) is 17.7. The van der Waals surface area contributed by atoms with Gasteiger partial charge in [0.25, 0.3) is 5.56 Å². The first kappa shape index (κ1) is 28.2. The molecular weight excluding hydrogens is 546 g/mol. The average Bonchev–Trinajstić information content (AvgIpc) is 3.62. The molecule has 0 saturated carbocycles. The molecule has 7 nitrogen and oxygen atoms in total. The summed E-state index contributed by atoms with van der Waals surface area (Å²) in [7, 11) is 0. The maximum atomic E-state index is 13.2. The van der Waals surface area contributed by atoms with Gasteiger partial charge in [-0.05, 0) is 101 Å². The van der Waals surface area contributed by atoms with Crippen molar-refractivity contribution in [2.24, 2.45) is 5.73 Å². The van der Waals surface area contributed by atoms with Crippen molar-refractivity contribution in [3.05, 3.63) is 117 Å². The van der Waals surface area contributed by atoms with Gasteiger partial charge in [0, 0.05) is 49.6 Å². The van der Waals surface area contributed by atoms with E-state index in [9.17, 15) is 9.59 Å². The van der Waals surface area contributed by atoms with Gasteiger partial charge in [0.1, 0.15) is 5.65 Å². The van der Waals surface area contributed by atoms with E-state index >= 15 is 0 Å². The summed E-state index contributed by atoms with van der Waals surface area (Å²) in [5.41, 5.74) is 19.5. The van der Waals surface area contributed by atoms with Crippen molar-refractivity contribution in [1.82, 2.24) is 20.0 Å². The SMILES string of the molecule is Cc1c(-c2ccc3c(c2)CC(N)C3)cccc1-c1cccc(-c2ccn3c(=O)c(CNC[C@@H]4CCC(=O)N4)cnc3c2)c1C. The van der Waals surface area contributed by atoms with Crippen LogP contribution in [0.3, 0.4) is 0 Å². The lowest BCUT2D eigenvalue weighted by Gasteiger charge is -2.17. The van der Waals surface area contributed by atoms with Gasteiger partial charge in [-0.2, -0.15) is 0 Å². The van der Waals surface area contributed by atoms with Crippen molar-refractivity contribution >= 4 is 11.6 Å². The fourth-order valence-electron chi connectivity index (χ4n) is 6.91. The summed E-state index contributed by atoms with van der Waals surface area (Å²) >= 11 is 0. The molecule has 222 valence electrons. The number of amides is 1. The molecule has 1 aliphatic heterocycles. The van der Waals surface area contributed by atoms with Crippen LogP contribution in [-0.4, -0.2) is 33.9 Å². The molecule has 0 radical (unpaired) electrons. The quantitative estimate of drug-likeness (QED) is 0.247. The Hall–Kier alpha value is -4.59. The molecular formula is C37H37N5O2. The van der Waals surface area contributed by atoms with E-state index in [4.69, 9.17) is 5.73 Å². The predicted octanol–water partition coefficient (Wildman–Crippen LogP) is 5.11. The fraction of sp³-hybridized carbons (Fsp3) is 0.270. The molecule has 0 bridgehead atoms. The lowest BCUT2D eigenvalue weighted by molar-refractivity contribution is -0.119. The number of nitrogens with one attached hydrogen (secondary N) is 2. The second-order valence-electron chi connectivity index (χ2n) is 12.3. The average molecular weight is 584 g/mol. The Bertz CT molecular complexity index is 1980. The monoisotopic (exact) mass is 583 g/mol. The zero-order chi connectivity index (χ0) is 30.4. The minimum atomic E-state index is -0.0871. The number of pyridine rings is 1. The number of carbonyl (C=O) groups excluding carboxylic acids is 1. The molecule has 1 saturated heterocycles. The third-order valence-corrected chi connectivity index (χ3v) is 9.32. The molecule has 1 aliphatic carbocycles. The Kier molecular flexibility index (Phi) is 7.36. The smallest absolute Gasteiger partial charge is 0.262 e. The lowest BCUT2D eigenvalue weighted by atomic mass is 9.88. The molecule has 2 aromatic heterocycles. The molecule has 1 fully saturated rings. The zero-order valence-electron chi connectivity index (χ0n) is 25.2. The first-order valence-electron chi connectivity index (χ1n) is 15.4. The second kappa shape index (κ2) is 11.5. The lowest BCUT2D eigenvalue weighted by Crippen LogP contribution is -2.36. The summed E-state index contributed by atoms with van der Waals surface area (Å²) < 4.78 is 1.61. The molecule has 0 spiro atoms. The summed E-state index contributed by atoms with van der Waals surface area (Å²) in [6.45, 7) is 5.41. The molecule has 1 unspecified atom stereocenters. The van der Waals surface area contributed by atoms with Crippen molar-refractivity contribution < 1.29 is 4.79 Å². The van der Waals surface area contributed by atoms with Crippen LogP contribution in [-0.2, 0) is 24.2 Å². The second-order valence-corrected chi connectivity index (χ2v) is 12.3. The van der Waals surface area contributed by atoms with Gasteiger partial charge in [0.2, 0.25) is 5.91 Å². The minimum Gasteiger partial charge on any atom is -0.352 e. The van der Waals surface area contributed by atoms with Gasteiger partial charge in [-0.1, -0.05) is 54.6 Å².